The van der Waals surface area contributed by atoms with Crippen molar-refractivity contribution in [2.75, 3.05) is 19.8 Å². The molecule has 1 aromatic heterocycles. The van der Waals surface area contributed by atoms with Crippen LogP contribution in [0, 0.1) is 0 Å². The Bertz CT molecular complexity index is 299. The Kier molecular flexibility index (Phi) is 6.89. The Labute approximate surface area is 104 Å². The van der Waals surface area contributed by atoms with Crippen molar-refractivity contribution in [1.29, 1.82) is 0 Å². The maximum Gasteiger partial charge on any atom is 0.0554 e. The van der Waals surface area contributed by atoms with Gasteiger partial charge in [0.15, 0.2) is 0 Å². The zero-order chi connectivity index (χ0) is 12.5. The lowest BCUT2D eigenvalue weighted by Crippen LogP contribution is -2.25. The first kappa shape index (κ1) is 14.2. The van der Waals surface area contributed by atoms with Crippen LogP contribution in [0.1, 0.15) is 45.3 Å². The van der Waals surface area contributed by atoms with Crippen LogP contribution in [0.2, 0.25) is 0 Å². The topological polar surface area (TPSA) is 39.1 Å². The highest BCUT2D eigenvalue weighted by molar-refractivity contribution is 5.06. The van der Waals surface area contributed by atoms with E-state index < -0.39 is 0 Å². The average molecular weight is 239 g/mol. The van der Waals surface area contributed by atoms with Gasteiger partial charge in [-0.05, 0) is 32.4 Å². The molecule has 1 heterocycles. The highest BCUT2D eigenvalue weighted by atomic mass is 16.5. The number of hydrogen-bond acceptors (Lipinski definition) is 3. The van der Waals surface area contributed by atoms with Crippen LogP contribution in [0.15, 0.2) is 12.3 Å². The van der Waals surface area contributed by atoms with Gasteiger partial charge < -0.3 is 10.1 Å². The van der Waals surface area contributed by atoms with E-state index in [1.807, 2.05) is 10.9 Å². The molecule has 4 nitrogen and oxygen atoms in total. The van der Waals surface area contributed by atoms with Gasteiger partial charge in [0.25, 0.3) is 0 Å². The molecular formula is C13H25N3O. The van der Waals surface area contributed by atoms with Crippen LogP contribution < -0.4 is 5.32 Å². The van der Waals surface area contributed by atoms with Crippen molar-refractivity contribution in [3.05, 3.63) is 18.0 Å². The summed E-state index contributed by atoms with van der Waals surface area (Å²) in [6, 6.07) is 2.44. The second-order valence-electron chi connectivity index (χ2n) is 4.08. The van der Waals surface area contributed by atoms with Gasteiger partial charge in [-0.3, -0.25) is 4.68 Å². The van der Waals surface area contributed by atoms with E-state index in [0.29, 0.717) is 6.04 Å². The fourth-order valence-electron chi connectivity index (χ4n) is 1.95. The Hall–Kier alpha value is -0.870. The fraction of sp³-hybridized carbons (Fsp3) is 0.769. The Balaban J connectivity index is 2.52. The van der Waals surface area contributed by atoms with Crippen LogP contribution in [-0.4, -0.2) is 29.5 Å². The zero-order valence-electron chi connectivity index (χ0n) is 11.3. The molecular weight excluding hydrogens is 214 g/mol. The predicted octanol–water partition coefficient (Wildman–Crippen LogP) is 2.37. The van der Waals surface area contributed by atoms with Gasteiger partial charge >= 0.3 is 0 Å². The molecule has 0 saturated carbocycles. The van der Waals surface area contributed by atoms with Gasteiger partial charge in [-0.25, -0.2) is 0 Å². The molecule has 0 saturated heterocycles. The highest BCUT2D eigenvalue weighted by Crippen LogP contribution is 2.16. The number of nitrogens with one attached hydrogen (secondary N) is 1. The molecule has 1 aromatic rings. The third-order valence-electron chi connectivity index (χ3n) is 2.76. The molecule has 98 valence electrons. The van der Waals surface area contributed by atoms with Gasteiger partial charge in [0.05, 0.1) is 11.7 Å². The molecule has 0 aliphatic carbocycles. The quantitative estimate of drug-likeness (QED) is 0.672. The second-order valence-corrected chi connectivity index (χ2v) is 4.08. The lowest BCUT2D eigenvalue weighted by molar-refractivity contribution is 0.124. The molecule has 17 heavy (non-hydrogen) atoms. The summed E-state index contributed by atoms with van der Waals surface area (Å²) in [5, 5.41) is 7.81. The zero-order valence-corrected chi connectivity index (χ0v) is 11.3. The minimum Gasteiger partial charge on any atom is -0.381 e. The third-order valence-corrected chi connectivity index (χ3v) is 2.76. The normalized spacial score (nSPS) is 12.9. The third kappa shape index (κ3) is 4.48. The monoisotopic (exact) mass is 239 g/mol. The van der Waals surface area contributed by atoms with E-state index in [1.165, 1.54) is 5.69 Å². The number of aryl methyl sites for hydroxylation is 1. The molecule has 0 spiro atoms. The van der Waals surface area contributed by atoms with E-state index in [9.17, 15) is 0 Å². The number of hydrogen-bond donors (Lipinski definition) is 1. The Morgan fingerprint density at radius 1 is 1.35 bits per heavy atom. The van der Waals surface area contributed by atoms with Crippen molar-refractivity contribution < 1.29 is 4.74 Å². The van der Waals surface area contributed by atoms with Gasteiger partial charge in [0, 0.05) is 26.0 Å². The van der Waals surface area contributed by atoms with Crippen molar-refractivity contribution in [3.8, 4) is 0 Å². The van der Waals surface area contributed by atoms with Gasteiger partial charge in [-0.1, -0.05) is 13.8 Å². The smallest absolute Gasteiger partial charge is 0.0554 e. The summed E-state index contributed by atoms with van der Waals surface area (Å²) in [4.78, 5) is 0. The summed E-state index contributed by atoms with van der Waals surface area (Å²) in [7, 11) is 0. The standard InChI is InChI=1S/C13H25N3O/c1-4-10-17-11-8-12(14-5-2)13-7-9-15-16(13)6-3/h7,9,12,14H,4-6,8,10-11H2,1-3H3. The summed E-state index contributed by atoms with van der Waals surface area (Å²) in [5.74, 6) is 0. The molecule has 0 aliphatic heterocycles. The lowest BCUT2D eigenvalue weighted by Gasteiger charge is -2.19. The van der Waals surface area contributed by atoms with Crippen molar-refractivity contribution in [2.24, 2.45) is 0 Å². The first-order chi connectivity index (χ1) is 8.33. The average Bonchev–Trinajstić information content (AvgIpc) is 2.81. The molecule has 0 aliphatic rings. The summed E-state index contributed by atoms with van der Waals surface area (Å²) >= 11 is 0. The van der Waals surface area contributed by atoms with Crippen LogP contribution in [0.3, 0.4) is 0 Å². The minimum absolute atomic E-state index is 0.347. The number of ether oxygens (including phenoxy) is 1. The highest BCUT2D eigenvalue weighted by Gasteiger charge is 2.14. The maximum absolute atomic E-state index is 5.56. The SMILES string of the molecule is CCCOCCC(NCC)c1ccnn1CC. The largest absolute Gasteiger partial charge is 0.381 e. The van der Waals surface area contributed by atoms with E-state index in [1.54, 1.807) is 0 Å². The molecule has 0 fully saturated rings. The van der Waals surface area contributed by atoms with Crippen molar-refractivity contribution in [3.63, 3.8) is 0 Å². The van der Waals surface area contributed by atoms with Gasteiger partial charge in [0.1, 0.15) is 0 Å². The van der Waals surface area contributed by atoms with Crippen LogP contribution in [0.5, 0.6) is 0 Å². The van der Waals surface area contributed by atoms with Gasteiger partial charge in [-0.2, -0.15) is 5.10 Å². The Morgan fingerprint density at radius 3 is 2.82 bits per heavy atom. The first-order valence-corrected chi connectivity index (χ1v) is 6.66. The summed E-state index contributed by atoms with van der Waals surface area (Å²) < 4.78 is 7.61. The van der Waals surface area contributed by atoms with Crippen molar-refractivity contribution in [2.45, 2.75) is 46.2 Å². The molecule has 0 radical (unpaired) electrons. The molecule has 1 rings (SSSR count). The van der Waals surface area contributed by atoms with Crippen LogP contribution in [0.4, 0.5) is 0 Å². The van der Waals surface area contributed by atoms with Crippen LogP contribution >= 0.6 is 0 Å². The van der Waals surface area contributed by atoms with E-state index >= 15 is 0 Å². The fourth-order valence-corrected chi connectivity index (χ4v) is 1.95. The van der Waals surface area contributed by atoms with E-state index in [4.69, 9.17) is 4.74 Å². The van der Waals surface area contributed by atoms with E-state index in [-0.39, 0.29) is 0 Å². The summed E-state index contributed by atoms with van der Waals surface area (Å²) in [6.45, 7) is 9.92. The number of nitrogens with zero attached hydrogens (tertiary/aromatic N) is 2. The van der Waals surface area contributed by atoms with Gasteiger partial charge in [-0.15, -0.1) is 0 Å². The Morgan fingerprint density at radius 2 is 2.18 bits per heavy atom. The molecule has 1 unspecified atom stereocenters. The minimum atomic E-state index is 0.347. The van der Waals surface area contributed by atoms with Gasteiger partial charge in [0.2, 0.25) is 0 Å². The lowest BCUT2D eigenvalue weighted by atomic mass is 10.1. The summed E-state index contributed by atoms with van der Waals surface area (Å²) in [6.07, 6.45) is 3.95. The molecule has 1 N–H and O–H groups in total. The summed E-state index contributed by atoms with van der Waals surface area (Å²) in [5.41, 5.74) is 1.26. The van der Waals surface area contributed by atoms with Crippen molar-refractivity contribution >= 4 is 0 Å². The molecule has 0 bridgehead atoms. The maximum atomic E-state index is 5.56. The predicted molar refractivity (Wildman–Crippen MR) is 70.0 cm³/mol. The molecule has 0 aromatic carbocycles. The van der Waals surface area contributed by atoms with Crippen LogP contribution in [0.25, 0.3) is 0 Å². The molecule has 4 heteroatoms. The second kappa shape index (κ2) is 8.25. The van der Waals surface area contributed by atoms with E-state index in [0.717, 1.165) is 39.1 Å². The number of rotatable bonds is 9. The van der Waals surface area contributed by atoms with E-state index in [2.05, 4.69) is 37.3 Å². The van der Waals surface area contributed by atoms with Crippen molar-refractivity contribution in [1.82, 2.24) is 15.1 Å². The first-order valence-electron chi connectivity index (χ1n) is 6.66. The molecule has 1 atom stereocenters. The van der Waals surface area contributed by atoms with Crippen LogP contribution in [-0.2, 0) is 11.3 Å². The number of aromatic nitrogens is 2. The molecule has 0 amide bonds.